The van der Waals surface area contributed by atoms with Gasteiger partial charge in [-0.05, 0) is 32.4 Å². The number of aromatic nitrogens is 2. The molecule has 11 heteroatoms. The monoisotopic (exact) mass is 427 g/mol. The molecular formula is C17H25N5O4S2. The van der Waals surface area contributed by atoms with Gasteiger partial charge in [-0.2, -0.15) is 13.1 Å². The maximum atomic E-state index is 13.0. The fourth-order valence-electron chi connectivity index (χ4n) is 2.96. The molecule has 9 nitrogen and oxygen atoms in total. The summed E-state index contributed by atoms with van der Waals surface area (Å²) in [4.78, 5) is 14.1. The van der Waals surface area contributed by atoms with Crippen molar-refractivity contribution in [3.8, 4) is 0 Å². The van der Waals surface area contributed by atoms with Gasteiger partial charge in [0.05, 0.1) is 17.8 Å². The van der Waals surface area contributed by atoms with Crippen LogP contribution in [0.15, 0.2) is 23.1 Å². The number of amides is 2. The number of ether oxygens (including phenoxy) is 1. The highest BCUT2D eigenvalue weighted by atomic mass is 32.2. The topological polar surface area (TPSA) is 105 Å². The average molecular weight is 428 g/mol. The zero-order chi connectivity index (χ0) is 20.1. The number of carbonyl (C=O) groups is 1. The third-order valence-electron chi connectivity index (χ3n) is 4.44. The minimum Gasteiger partial charge on any atom is -0.379 e. The first-order valence-electron chi connectivity index (χ1n) is 9.25. The van der Waals surface area contributed by atoms with E-state index in [1.54, 1.807) is 23.1 Å². The van der Waals surface area contributed by atoms with Crippen molar-refractivity contribution in [3.05, 3.63) is 18.2 Å². The van der Waals surface area contributed by atoms with Gasteiger partial charge < -0.3 is 15.0 Å². The first-order valence-corrected chi connectivity index (χ1v) is 11.4. The zero-order valence-electron chi connectivity index (χ0n) is 16.0. The standard InChI is InChI=1S/C17H25N5O4S2/c1-13(2)26-12-4-7-18-17(23)21-8-10-22(11-9-21)28(24,25)15-6-3-5-14-16(15)20-27-19-14/h3,5-6,13H,4,7-12H2,1-2H3,(H,18,23). The summed E-state index contributed by atoms with van der Waals surface area (Å²) in [6.45, 7) is 6.26. The predicted molar refractivity (Wildman–Crippen MR) is 107 cm³/mol. The van der Waals surface area contributed by atoms with E-state index in [1.807, 2.05) is 13.8 Å². The fraction of sp³-hybridized carbons (Fsp3) is 0.588. The number of sulfonamides is 1. The number of nitrogens with zero attached hydrogens (tertiary/aromatic N) is 4. The van der Waals surface area contributed by atoms with Crippen molar-refractivity contribution >= 4 is 38.8 Å². The van der Waals surface area contributed by atoms with Crippen molar-refractivity contribution in [1.82, 2.24) is 23.3 Å². The second-order valence-electron chi connectivity index (χ2n) is 6.78. The molecule has 2 aromatic rings. The molecule has 1 aliphatic heterocycles. The van der Waals surface area contributed by atoms with Gasteiger partial charge >= 0.3 is 6.03 Å². The number of urea groups is 1. The van der Waals surface area contributed by atoms with Crippen molar-refractivity contribution in [2.24, 2.45) is 0 Å². The van der Waals surface area contributed by atoms with Gasteiger partial charge in [0.15, 0.2) is 0 Å². The van der Waals surface area contributed by atoms with Crippen LogP contribution in [0, 0.1) is 0 Å². The molecule has 28 heavy (non-hydrogen) atoms. The fourth-order valence-corrected chi connectivity index (χ4v) is 5.13. The normalized spacial score (nSPS) is 16.0. The van der Waals surface area contributed by atoms with Crippen LogP contribution in [0.1, 0.15) is 20.3 Å². The van der Waals surface area contributed by atoms with Gasteiger partial charge in [-0.1, -0.05) is 6.07 Å². The average Bonchev–Trinajstić information content (AvgIpc) is 3.16. The van der Waals surface area contributed by atoms with E-state index >= 15 is 0 Å². The SMILES string of the molecule is CC(C)OCCCNC(=O)N1CCN(S(=O)(=O)c2cccc3nsnc23)CC1. The van der Waals surface area contributed by atoms with Gasteiger partial charge in [0.25, 0.3) is 0 Å². The molecule has 1 saturated heterocycles. The Morgan fingerprint density at radius 1 is 1.25 bits per heavy atom. The lowest BCUT2D eigenvalue weighted by Crippen LogP contribution is -2.53. The molecule has 3 rings (SSSR count). The van der Waals surface area contributed by atoms with Crippen LogP contribution in [-0.4, -0.2) is 77.8 Å². The minimum absolute atomic E-state index is 0.168. The van der Waals surface area contributed by atoms with Crippen LogP contribution in [0.3, 0.4) is 0 Å². The van der Waals surface area contributed by atoms with E-state index in [1.165, 1.54) is 4.31 Å². The van der Waals surface area contributed by atoms with Crippen molar-refractivity contribution < 1.29 is 17.9 Å². The number of benzene rings is 1. The van der Waals surface area contributed by atoms with E-state index in [4.69, 9.17) is 4.74 Å². The van der Waals surface area contributed by atoms with Crippen molar-refractivity contribution in [3.63, 3.8) is 0 Å². The highest BCUT2D eigenvalue weighted by Gasteiger charge is 2.31. The van der Waals surface area contributed by atoms with Crippen LogP contribution in [0.2, 0.25) is 0 Å². The number of hydrogen-bond donors (Lipinski definition) is 1. The Bertz CT molecular complexity index is 907. The number of carbonyl (C=O) groups excluding carboxylic acids is 1. The number of hydrogen-bond acceptors (Lipinski definition) is 7. The molecule has 0 spiro atoms. The predicted octanol–water partition coefficient (Wildman–Crippen LogP) is 1.52. The number of nitrogens with one attached hydrogen (secondary N) is 1. The first-order chi connectivity index (χ1) is 13.4. The molecule has 0 aliphatic carbocycles. The quantitative estimate of drug-likeness (QED) is 0.672. The van der Waals surface area contributed by atoms with E-state index in [9.17, 15) is 13.2 Å². The molecular weight excluding hydrogens is 402 g/mol. The minimum atomic E-state index is -3.68. The summed E-state index contributed by atoms with van der Waals surface area (Å²) in [6, 6.07) is 4.79. The third kappa shape index (κ3) is 4.77. The van der Waals surface area contributed by atoms with E-state index in [0.29, 0.717) is 37.3 Å². The summed E-state index contributed by atoms with van der Waals surface area (Å²) in [5.41, 5.74) is 0.974. The molecule has 0 bridgehead atoms. The van der Waals surface area contributed by atoms with E-state index in [-0.39, 0.29) is 30.1 Å². The molecule has 2 amide bonds. The lowest BCUT2D eigenvalue weighted by atomic mass is 10.3. The molecule has 0 saturated carbocycles. The summed E-state index contributed by atoms with van der Waals surface area (Å²) >= 11 is 0.994. The summed E-state index contributed by atoms with van der Waals surface area (Å²) in [5, 5.41) is 2.85. The van der Waals surface area contributed by atoms with Gasteiger partial charge in [0, 0.05) is 39.3 Å². The Morgan fingerprint density at radius 3 is 2.71 bits per heavy atom. The maximum absolute atomic E-state index is 13.0. The van der Waals surface area contributed by atoms with Gasteiger partial charge in [0.1, 0.15) is 15.9 Å². The van der Waals surface area contributed by atoms with Crippen LogP contribution in [0.5, 0.6) is 0 Å². The van der Waals surface area contributed by atoms with Crippen molar-refractivity contribution in [1.29, 1.82) is 0 Å². The zero-order valence-corrected chi connectivity index (χ0v) is 17.6. The van der Waals surface area contributed by atoms with Crippen molar-refractivity contribution in [2.75, 3.05) is 39.3 Å². The molecule has 1 aromatic heterocycles. The van der Waals surface area contributed by atoms with Crippen LogP contribution < -0.4 is 5.32 Å². The Kier molecular flexibility index (Phi) is 6.81. The van der Waals surface area contributed by atoms with Gasteiger partial charge in [-0.25, -0.2) is 13.2 Å². The van der Waals surface area contributed by atoms with Crippen LogP contribution >= 0.6 is 11.7 Å². The molecule has 1 aromatic carbocycles. The summed E-state index contributed by atoms with van der Waals surface area (Å²) in [7, 11) is -3.68. The van der Waals surface area contributed by atoms with Gasteiger partial charge in [0.2, 0.25) is 10.0 Å². The number of piperazine rings is 1. The second-order valence-corrected chi connectivity index (χ2v) is 9.22. The molecule has 0 atom stereocenters. The highest BCUT2D eigenvalue weighted by molar-refractivity contribution is 7.89. The molecule has 0 unspecified atom stereocenters. The van der Waals surface area contributed by atoms with E-state index in [2.05, 4.69) is 14.1 Å². The molecule has 0 radical (unpaired) electrons. The number of rotatable bonds is 7. The molecule has 1 aliphatic rings. The molecule has 1 N–H and O–H groups in total. The Morgan fingerprint density at radius 2 is 2.00 bits per heavy atom. The van der Waals surface area contributed by atoms with Gasteiger partial charge in [-0.15, -0.1) is 0 Å². The van der Waals surface area contributed by atoms with Crippen molar-refractivity contribution in [2.45, 2.75) is 31.3 Å². The second kappa shape index (κ2) is 9.12. The Hall–Kier alpha value is -1.82. The third-order valence-corrected chi connectivity index (χ3v) is 6.91. The van der Waals surface area contributed by atoms with Crippen LogP contribution in [-0.2, 0) is 14.8 Å². The van der Waals surface area contributed by atoms with E-state index in [0.717, 1.165) is 18.1 Å². The van der Waals surface area contributed by atoms with Crippen LogP contribution in [0.4, 0.5) is 4.79 Å². The summed E-state index contributed by atoms with van der Waals surface area (Å²) in [5.74, 6) is 0. The summed E-state index contributed by atoms with van der Waals surface area (Å²) < 4.78 is 41.1. The maximum Gasteiger partial charge on any atom is 0.317 e. The molecule has 2 heterocycles. The Balaban J connectivity index is 1.53. The van der Waals surface area contributed by atoms with E-state index < -0.39 is 10.0 Å². The smallest absolute Gasteiger partial charge is 0.317 e. The Labute approximate surface area is 169 Å². The largest absolute Gasteiger partial charge is 0.379 e. The molecule has 1 fully saturated rings. The first kappa shape index (κ1) is 20.9. The molecule has 154 valence electrons. The number of fused-ring (bicyclic) bond motifs is 1. The lowest BCUT2D eigenvalue weighted by Gasteiger charge is -2.34. The lowest BCUT2D eigenvalue weighted by molar-refractivity contribution is 0.0770. The summed E-state index contributed by atoms with van der Waals surface area (Å²) in [6.07, 6.45) is 0.917. The highest BCUT2D eigenvalue weighted by Crippen LogP contribution is 2.25. The van der Waals surface area contributed by atoms with Crippen LogP contribution in [0.25, 0.3) is 11.0 Å². The van der Waals surface area contributed by atoms with Gasteiger partial charge in [-0.3, -0.25) is 0 Å².